The van der Waals surface area contributed by atoms with Crippen molar-refractivity contribution in [1.82, 2.24) is 29.5 Å². The third-order valence-electron chi connectivity index (χ3n) is 3.33. The number of benzene rings is 1. The van der Waals surface area contributed by atoms with Gasteiger partial charge in [-0.05, 0) is 36.4 Å². The van der Waals surface area contributed by atoms with E-state index in [0.29, 0.717) is 0 Å². The zero-order valence-electron chi connectivity index (χ0n) is 12.1. The third kappa shape index (κ3) is 2.80. The largest absolute Gasteiger partial charge is 0.354 e. The first-order valence-corrected chi connectivity index (χ1v) is 7.07. The molecule has 0 unspecified atom stereocenters. The molecule has 0 spiro atoms. The molecule has 7 heteroatoms. The molecule has 4 rings (SSSR count). The average molecular weight is 303 g/mol. The molecule has 1 aromatic carbocycles. The van der Waals surface area contributed by atoms with Gasteiger partial charge >= 0.3 is 0 Å². The topological polar surface area (TPSA) is 73.5 Å². The number of rotatable bonds is 4. The second-order valence-electron chi connectivity index (χ2n) is 4.90. The highest BCUT2D eigenvalue weighted by Gasteiger charge is 2.01. The van der Waals surface area contributed by atoms with E-state index in [0.717, 1.165) is 22.9 Å². The van der Waals surface area contributed by atoms with Crippen molar-refractivity contribution in [2.24, 2.45) is 0 Å². The van der Waals surface area contributed by atoms with Crippen molar-refractivity contribution in [3.05, 3.63) is 73.7 Å². The minimum absolute atomic E-state index is 0.769. The molecule has 0 atom stereocenters. The maximum absolute atomic E-state index is 4.39. The smallest absolute Gasteiger partial charge is 0.139 e. The van der Waals surface area contributed by atoms with Crippen molar-refractivity contribution in [2.45, 2.75) is 0 Å². The van der Waals surface area contributed by atoms with Crippen molar-refractivity contribution in [3.8, 4) is 11.5 Å². The number of pyridine rings is 1. The van der Waals surface area contributed by atoms with Crippen LogP contribution in [0.25, 0.3) is 11.5 Å². The molecule has 0 saturated heterocycles. The Bertz CT molecular complexity index is 881. The summed E-state index contributed by atoms with van der Waals surface area (Å²) < 4.78 is 3.57. The second kappa shape index (κ2) is 5.72. The fourth-order valence-corrected chi connectivity index (χ4v) is 2.25. The summed E-state index contributed by atoms with van der Waals surface area (Å²) in [6.07, 6.45) is 8.67. The summed E-state index contributed by atoms with van der Waals surface area (Å²) in [5.41, 5.74) is 2.87. The van der Waals surface area contributed by atoms with Gasteiger partial charge in [-0.2, -0.15) is 5.10 Å². The lowest BCUT2D eigenvalue weighted by Gasteiger charge is -2.09. The van der Waals surface area contributed by atoms with Crippen molar-refractivity contribution < 1.29 is 0 Å². The summed E-state index contributed by atoms with van der Waals surface area (Å²) in [6, 6.07) is 13.8. The van der Waals surface area contributed by atoms with E-state index in [1.807, 2.05) is 53.3 Å². The molecule has 0 aliphatic carbocycles. The van der Waals surface area contributed by atoms with Crippen LogP contribution in [-0.4, -0.2) is 29.5 Å². The Morgan fingerprint density at radius 3 is 2.57 bits per heavy atom. The molecule has 112 valence electrons. The van der Waals surface area contributed by atoms with Gasteiger partial charge in [-0.15, -0.1) is 10.2 Å². The van der Waals surface area contributed by atoms with Crippen molar-refractivity contribution in [2.75, 3.05) is 5.32 Å². The summed E-state index contributed by atoms with van der Waals surface area (Å²) >= 11 is 0. The van der Waals surface area contributed by atoms with E-state index in [4.69, 9.17) is 0 Å². The van der Waals surface area contributed by atoms with Crippen LogP contribution in [0.5, 0.6) is 0 Å². The molecule has 4 aromatic rings. The standard InChI is InChI=1S/C16H13N7/c1-3-13(9-15(4-1)23-8-2-7-20-23)21-14-5-6-16(17-10-14)22-11-18-19-12-22/h1-12,21H. The van der Waals surface area contributed by atoms with E-state index in [2.05, 4.69) is 25.6 Å². The van der Waals surface area contributed by atoms with Gasteiger partial charge in [-0.1, -0.05) is 6.07 Å². The van der Waals surface area contributed by atoms with Crippen LogP contribution in [0.15, 0.2) is 73.7 Å². The van der Waals surface area contributed by atoms with Crippen LogP contribution in [0.2, 0.25) is 0 Å². The van der Waals surface area contributed by atoms with E-state index < -0.39 is 0 Å². The maximum atomic E-state index is 4.39. The molecule has 0 radical (unpaired) electrons. The molecule has 7 nitrogen and oxygen atoms in total. The van der Waals surface area contributed by atoms with Gasteiger partial charge in [-0.25, -0.2) is 9.67 Å². The van der Waals surface area contributed by atoms with Gasteiger partial charge in [-0.3, -0.25) is 4.57 Å². The monoisotopic (exact) mass is 303 g/mol. The van der Waals surface area contributed by atoms with E-state index >= 15 is 0 Å². The average Bonchev–Trinajstić information content (AvgIpc) is 3.30. The Labute approximate surface area is 132 Å². The number of aromatic nitrogens is 6. The zero-order chi connectivity index (χ0) is 15.5. The number of anilines is 2. The van der Waals surface area contributed by atoms with Crippen LogP contribution in [0.1, 0.15) is 0 Å². The van der Waals surface area contributed by atoms with Crippen LogP contribution < -0.4 is 5.32 Å². The Kier molecular flexibility index (Phi) is 3.28. The highest BCUT2D eigenvalue weighted by atomic mass is 15.3. The van der Waals surface area contributed by atoms with Gasteiger partial charge in [0.1, 0.15) is 18.5 Å². The highest BCUT2D eigenvalue weighted by molar-refractivity contribution is 5.61. The first-order valence-electron chi connectivity index (χ1n) is 7.07. The number of nitrogens with zero attached hydrogens (tertiary/aromatic N) is 6. The molecule has 23 heavy (non-hydrogen) atoms. The molecule has 0 aliphatic heterocycles. The SMILES string of the molecule is c1cc(Nc2ccc(-n3cnnc3)nc2)cc(-n2cccn2)c1. The molecule has 0 bridgehead atoms. The molecule has 0 amide bonds. The second-order valence-corrected chi connectivity index (χ2v) is 4.90. The molecule has 0 aliphatic rings. The van der Waals surface area contributed by atoms with Gasteiger partial charge in [0.05, 0.1) is 17.6 Å². The van der Waals surface area contributed by atoms with Crippen LogP contribution in [0, 0.1) is 0 Å². The molecular weight excluding hydrogens is 290 g/mol. The molecule has 1 N–H and O–H groups in total. The number of nitrogens with one attached hydrogen (secondary N) is 1. The van der Waals surface area contributed by atoms with E-state index in [9.17, 15) is 0 Å². The first kappa shape index (κ1) is 13.2. The predicted octanol–water partition coefficient (Wildman–Crippen LogP) is 2.59. The van der Waals surface area contributed by atoms with Crippen molar-refractivity contribution >= 4 is 11.4 Å². The quantitative estimate of drug-likeness (QED) is 0.627. The normalized spacial score (nSPS) is 10.6. The Morgan fingerprint density at radius 1 is 0.913 bits per heavy atom. The first-order chi connectivity index (χ1) is 11.4. The number of hydrogen-bond acceptors (Lipinski definition) is 5. The van der Waals surface area contributed by atoms with E-state index in [-0.39, 0.29) is 0 Å². The predicted molar refractivity (Wildman–Crippen MR) is 86.0 cm³/mol. The molecular formula is C16H13N7. The van der Waals surface area contributed by atoms with Crippen LogP contribution >= 0.6 is 0 Å². The lowest BCUT2D eigenvalue weighted by molar-refractivity contribution is 0.881. The summed E-state index contributed by atoms with van der Waals surface area (Å²) in [5.74, 6) is 0.769. The lowest BCUT2D eigenvalue weighted by Crippen LogP contribution is -1.98. The van der Waals surface area contributed by atoms with E-state index in [1.54, 1.807) is 29.6 Å². The Hall–Kier alpha value is -3.48. The van der Waals surface area contributed by atoms with Crippen molar-refractivity contribution in [3.63, 3.8) is 0 Å². The van der Waals surface area contributed by atoms with Crippen LogP contribution in [0.4, 0.5) is 11.4 Å². The lowest BCUT2D eigenvalue weighted by atomic mass is 10.2. The molecule has 0 fully saturated rings. The van der Waals surface area contributed by atoms with Gasteiger partial charge in [0.2, 0.25) is 0 Å². The van der Waals surface area contributed by atoms with Crippen LogP contribution in [0.3, 0.4) is 0 Å². The molecule has 3 heterocycles. The van der Waals surface area contributed by atoms with Gasteiger partial charge in [0.15, 0.2) is 0 Å². The fraction of sp³-hybridized carbons (Fsp3) is 0. The molecule has 3 aromatic heterocycles. The Balaban J connectivity index is 1.55. The van der Waals surface area contributed by atoms with E-state index in [1.165, 1.54) is 0 Å². The zero-order valence-corrected chi connectivity index (χ0v) is 12.1. The van der Waals surface area contributed by atoms with Gasteiger partial charge in [0, 0.05) is 18.1 Å². The number of hydrogen-bond donors (Lipinski definition) is 1. The summed E-state index contributed by atoms with van der Waals surface area (Å²) in [7, 11) is 0. The maximum Gasteiger partial charge on any atom is 0.139 e. The van der Waals surface area contributed by atoms with Gasteiger partial charge < -0.3 is 5.32 Å². The van der Waals surface area contributed by atoms with Gasteiger partial charge in [0.25, 0.3) is 0 Å². The molecule has 0 saturated carbocycles. The summed E-state index contributed by atoms with van der Waals surface area (Å²) in [4.78, 5) is 4.39. The summed E-state index contributed by atoms with van der Waals surface area (Å²) in [6.45, 7) is 0. The van der Waals surface area contributed by atoms with Crippen LogP contribution in [-0.2, 0) is 0 Å². The van der Waals surface area contributed by atoms with Crippen molar-refractivity contribution in [1.29, 1.82) is 0 Å². The fourth-order valence-electron chi connectivity index (χ4n) is 2.25. The third-order valence-corrected chi connectivity index (χ3v) is 3.33. The minimum Gasteiger partial charge on any atom is -0.354 e. The summed E-state index contributed by atoms with van der Waals surface area (Å²) in [5, 5.41) is 15.1. The highest BCUT2D eigenvalue weighted by Crippen LogP contribution is 2.19. The Morgan fingerprint density at radius 2 is 1.83 bits per heavy atom. The minimum atomic E-state index is 0.769.